The zero-order valence-electron chi connectivity index (χ0n) is 20.8. The van der Waals surface area contributed by atoms with Gasteiger partial charge in [-0.3, -0.25) is 0 Å². The van der Waals surface area contributed by atoms with Crippen molar-refractivity contribution in [3.8, 4) is 11.1 Å². The Balaban J connectivity index is 0.000000468. The minimum atomic E-state index is -1.19. The van der Waals surface area contributed by atoms with Gasteiger partial charge in [0.05, 0.1) is 23.1 Å². The Morgan fingerprint density at radius 2 is 1.57 bits per heavy atom. The number of aliphatic hydroxyl groups excluding tert-OH is 1. The van der Waals surface area contributed by atoms with Crippen molar-refractivity contribution >= 4 is 17.1 Å². The van der Waals surface area contributed by atoms with Crippen molar-refractivity contribution in [1.82, 2.24) is 9.62 Å². The molecule has 1 amide bonds. The standard InChI is InChI=1S/C22H27FN2O4S.C6H5F/c1-15(16-3-5-17(6-4-16)18-7-9-19(23)10-8-18)25-12-11-21(29-22(25)27)13-20(26)14-24-30(2)28;7-6-4-2-1-3-5-6/h3-10,15,20-21,24,26H,11-14H2,1-2H3;1-5H. The van der Waals surface area contributed by atoms with E-state index in [9.17, 15) is 22.9 Å². The predicted molar refractivity (Wildman–Crippen MR) is 141 cm³/mol. The molecule has 37 heavy (non-hydrogen) atoms. The van der Waals surface area contributed by atoms with Gasteiger partial charge in [-0.15, -0.1) is 0 Å². The Labute approximate surface area is 218 Å². The van der Waals surface area contributed by atoms with Crippen LogP contribution in [0.15, 0.2) is 78.9 Å². The van der Waals surface area contributed by atoms with E-state index >= 15 is 0 Å². The Hall–Kier alpha value is -3.14. The van der Waals surface area contributed by atoms with E-state index in [1.54, 1.807) is 35.2 Å². The van der Waals surface area contributed by atoms with E-state index in [1.165, 1.54) is 30.5 Å². The van der Waals surface area contributed by atoms with E-state index in [1.807, 2.05) is 31.2 Å². The van der Waals surface area contributed by atoms with Gasteiger partial charge in [-0.05, 0) is 47.9 Å². The van der Waals surface area contributed by atoms with Crippen molar-refractivity contribution < 1.29 is 27.6 Å². The molecule has 1 heterocycles. The fourth-order valence-electron chi connectivity index (χ4n) is 3.95. The summed E-state index contributed by atoms with van der Waals surface area (Å²) in [4.78, 5) is 14.2. The number of benzene rings is 3. The van der Waals surface area contributed by atoms with E-state index in [0.29, 0.717) is 19.4 Å². The van der Waals surface area contributed by atoms with Crippen LogP contribution < -0.4 is 4.72 Å². The van der Waals surface area contributed by atoms with Crippen LogP contribution in [0.4, 0.5) is 13.6 Å². The molecule has 2 N–H and O–H groups in total. The topological polar surface area (TPSA) is 78.9 Å². The number of cyclic esters (lactones) is 1. The van der Waals surface area contributed by atoms with Crippen LogP contribution in [0.5, 0.6) is 0 Å². The largest absolute Gasteiger partial charge is 0.446 e. The number of aliphatic hydroxyl groups is 1. The molecular formula is C28H32F2N2O4S. The van der Waals surface area contributed by atoms with Crippen molar-refractivity contribution in [1.29, 1.82) is 0 Å². The normalized spacial score (nSPS) is 17.7. The van der Waals surface area contributed by atoms with Crippen LogP contribution in [-0.2, 0) is 15.7 Å². The van der Waals surface area contributed by atoms with Crippen molar-refractivity contribution in [2.75, 3.05) is 19.3 Å². The molecule has 0 bridgehead atoms. The second-order valence-corrected chi connectivity index (χ2v) is 9.98. The lowest BCUT2D eigenvalue weighted by Crippen LogP contribution is -2.44. The molecule has 4 atom stereocenters. The van der Waals surface area contributed by atoms with Gasteiger partial charge < -0.3 is 14.7 Å². The maximum atomic E-state index is 13.1. The predicted octanol–water partition coefficient (Wildman–Crippen LogP) is 5.22. The number of nitrogens with one attached hydrogen (secondary N) is 1. The summed E-state index contributed by atoms with van der Waals surface area (Å²) in [6.07, 6.45) is 0.943. The molecule has 1 aliphatic rings. The highest BCUT2D eigenvalue weighted by Crippen LogP contribution is 2.28. The van der Waals surface area contributed by atoms with Gasteiger partial charge in [0.1, 0.15) is 17.7 Å². The van der Waals surface area contributed by atoms with Gasteiger partial charge in [-0.25, -0.2) is 22.5 Å². The molecule has 6 nitrogen and oxygen atoms in total. The molecule has 3 aromatic rings. The third kappa shape index (κ3) is 9.03. The molecule has 0 aliphatic carbocycles. The van der Waals surface area contributed by atoms with Gasteiger partial charge in [0.25, 0.3) is 0 Å². The van der Waals surface area contributed by atoms with E-state index in [-0.39, 0.29) is 30.3 Å². The maximum absolute atomic E-state index is 13.1. The number of nitrogens with zero attached hydrogens (tertiary/aromatic N) is 1. The third-order valence-electron chi connectivity index (χ3n) is 6.02. The third-order valence-corrected chi connectivity index (χ3v) is 6.60. The highest BCUT2D eigenvalue weighted by Gasteiger charge is 2.32. The molecule has 1 fully saturated rings. The van der Waals surface area contributed by atoms with Crippen molar-refractivity contribution in [2.24, 2.45) is 0 Å². The highest BCUT2D eigenvalue weighted by molar-refractivity contribution is 7.82. The number of hydrogen-bond donors (Lipinski definition) is 2. The molecule has 3 aromatic carbocycles. The van der Waals surface area contributed by atoms with Gasteiger partial charge in [-0.1, -0.05) is 54.6 Å². The summed E-state index contributed by atoms with van der Waals surface area (Å²) in [6, 6.07) is 21.9. The Kier molecular flexibility index (Phi) is 10.7. The number of halogens is 2. The summed E-state index contributed by atoms with van der Waals surface area (Å²) in [6.45, 7) is 2.67. The highest BCUT2D eigenvalue weighted by atomic mass is 32.2. The smallest absolute Gasteiger partial charge is 0.410 e. The molecule has 9 heteroatoms. The second kappa shape index (κ2) is 14.0. The first-order chi connectivity index (χ1) is 17.7. The van der Waals surface area contributed by atoms with E-state index < -0.39 is 23.2 Å². The Morgan fingerprint density at radius 1 is 1.00 bits per heavy atom. The number of carbonyl (C=O) groups is 1. The number of amides is 1. The first-order valence-corrected chi connectivity index (χ1v) is 13.6. The van der Waals surface area contributed by atoms with Gasteiger partial charge in [0.15, 0.2) is 0 Å². The first-order valence-electron chi connectivity index (χ1n) is 12.0. The van der Waals surface area contributed by atoms with Gasteiger partial charge >= 0.3 is 6.09 Å². The average molecular weight is 531 g/mol. The van der Waals surface area contributed by atoms with E-state index in [2.05, 4.69) is 4.72 Å². The molecule has 0 saturated carbocycles. The number of ether oxygens (including phenoxy) is 1. The maximum Gasteiger partial charge on any atom is 0.410 e. The van der Waals surface area contributed by atoms with Gasteiger partial charge in [-0.2, -0.15) is 0 Å². The summed E-state index contributed by atoms with van der Waals surface area (Å²) in [7, 11) is -1.19. The molecule has 0 radical (unpaired) electrons. The molecule has 1 aliphatic heterocycles. The minimum absolute atomic E-state index is 0.158. The molecular weight excluding hydrogens is 498 g/mol. The van der Waals surface area contributed by atoms with Crippen LogP contribution in [0, 0.1) is 11.6 Å². The lowest BCUT2D eigenvalue weighted by Gasteiger charge is -2.36. The van der Waals surface area contributed by atoms with Crippen LogP contribution in [0.3, 0.4) is 0 Å². The van der Waals surface area contributed by atoms with Crippen molar-refractivity contribution in [3.05, 3.63) is 96.1 Å². The summed E-state index contributed by atoms with van der Waals surface area (Å²) >= 11 is 0. The Bertz CT molecular complexity index is 1150. The molecule has 4 unspecified atom stereocenters. The van der Waals surface area contributed by atoms with Crippen LogP contribution in [0.1, 0.15) is 31.4 Å². The van der Waals surface area contributed by atoms with Crippen LogP contribution in [-0.4, -0.2) is 51.9 Å². The first kappa shape index (κ1) is 28.4. The monoisotopic (exact) mass is 530 g/mol. The van der Waals surface area contributed by atoms with Gasteiger partial charge in [0.2, 0.25) is 0 Å². The van der Waals surface area contributed by atoms with Crippen molar-refractivity contribution in [3.63, 3.8) is 0 Å². The number of carbonyl (C=O) groups excluding carboxylic acids is 1. The molecule has 1 saturated heterocycles. The van der Waals surface area contributed by atoms with E-state index in [4.69, 9.17) is 4.74 Å². The molecule has 0 aromatic heterocycles. The summed E-state index contributed by atoms with van der Waals surface area (Å²) < 4.78 is 44.2. The average Bonchev–Trinajstić information content (AvgIpc) is 2.89. The molecule has 198 valence electrons. The zero-order chi connectivity index (χ0) is 26.8. The Morgan fingerprint density at radius 3 is 2.08 bits per heavy atom. The summed E-state index contributed by atoms with van der Waals surface area (Å²) in [5.74, 6) is -0.447. The molecule has 4 rings (SSSR count). The summed E-state index contributed by atoms with van der Waals surface area (Å²) in [5, 5.41) is 10.0. The quantitative estimate of drug-likeness (QED) is 0.418. The number of rotatable bonds is 8. The van der Waals surface area contributed by atoms with Crippen LogP contribution in [0.2, 0.25) is 0 Å². The lowest BCUT2D eigenvalue weighted by atomic mass is 10.00. The lowest BCUT2D eigenvalue weighted by molar-refractivity contribution is -0.00758. The fraction of sp³-hybridized carbons (Fsp3) is 0.321. The van der Waals surface area contributed by atoms with Gasteiger partial charge in [0, 0.05) is 32.2 Å². The van der Waals surface area contributed by atoms with Crippen LogP contribution in [0.25, 0.3) is 11.1 Å². The molecule has 0 spiro atoms. The van der Waals surface area contributed by atoms with Crippen molar-refractivity contribution in [2.45, 2.75) is 38.0 Å². The second-order valence-electron chi connectivity index (χ2n) is 8.78. The van der Waals surface area contributed by atoms with Crippen LogP contribution >= 0.6 is 0 Å². The fourth-order valence-corrected chi connectivity index (χ4v) is 4.38. The minimum Gasteiger partial charge on any atom is -0.446 e. The number of hydrogen-bond acceptors (Lipinski definition) is 4. The van der Waals surface area contributed by atoms with E-state index in [0.717, 1.165) is 16.7 Å². The summed E-state index contributed by atoms with van der Waals surface area (Å²) in [5.41, 5.74) is 2.88. The zero-order valence-corrected chi connectivity index (χ0v) is 21.7. The SMILES string of the molecule is CC(c1ccc(-c2ccc(F)cc2)cc1)N1CCC(CC(O)CNS(C)=O)OC1=O.Fc1ccccc1.